The largest absolute Gasteiger partial charge is 0.388 e. The molecule has 1 aliphatic carbocycles. The number of likely N-dealkylation sites (N-methyl/N-ethyl adjacent to an activating group) is 1. The molecule has 94 valence electrons. The summed E-state index contributed by atoms with van der Waals surface area (Å²) >= 11 is 0. The summed E-state index contributed by atoms with van der Waals surface area (Å²) in [5.74, 6) is 0. The van der Waals surface area contributed by atoms with E-state index in [9.17, 15) is 5.11 Å². The Bertz CT molecular complexity index is 208. The van der Waals surface area contributed by atoms with E-state index in [0.29, 0.717) is 6.04 Å². The highest BCUT2D eigenvalue weighted by Crippen LogP contribution is 2.25. The molecular weight excluding hydrogens is 200 g/mol. The fourth-order valence-electron chi connectivity index (χ4n) is 3.17. The molecule has 1 saturated carbocycles. The third-order valence-corrected chi connectivity index (χ3v) is 4.28. The maximum Gasteiger partial charge on any atom is 0.0798 e. The van der Waals surface area contributed by atoms with Gasteiger partial charge < -0.3 is 15.3 Å². The van der Waals surface area contributed by atoms with Crippen molar-refractivity contribution in [2.45, 2.75) is 56.6 Å². The van der Waals surface area contributed by atoms with Crippen LogP contribution in [0.4, 0.5) is 0 Å². The quantitative estimate of drug-likeness (QED) is 0.763. The van der Waals surface area contributed by atoms with E-state index in [0.717, 1.165) is 32.5 Å². The normalized spacial score (nSPS) is 27.2. The second-order valence-electron chi connectivity index (χ2n) is 5.68. The fraction of sp³-hybridized carbons (Fsp3) is 1.00. The molecule has 2 N–H and O–H groups in total. The first-order valence-corrected chi connectivity index (χ1v) is 6.83. The van der Waals surface area contributed by atoms with Gasteiger partial charge in [0.2, 0.25) is 0 Å². The molecule has 2 fully saturated rings. The molecule has 1 aliphatic heterocycles. The van der Waals surface area contributed by atoms with Crippen LogP contribution in [0.2, 0.25) is 0 Å². The maximum atomic E-state index is 10.5. The van der Waals surface area contributed by atoms with Crippen molar-refractivity contribution < 1.29 is 5.11 Å². The standard InChI is InChI=1S/C13H26N2O/c1-15(12-5-3-2-4-6-12)11-13(16)7-9-14-10-8-13/h12,14,16H,2-11H2,1H3. The molecule has 0 atom stereocenters. The predicted octanol–water partition coefficient (Wildman–Crippen LogP) is 1.37. The lowest BCUT2D eigenvalue weighted by atomic mass is 9.89. The van der Waals surface area contributed by atoms with Gasteiger partial charge in [0, 0.05) is 12.6 Å². The van der Waals surface area contributed by atoms with Crippen LogP contribution < -0.4 is 5.32 Å². The molecule has 0 aromatic carbocycles. The third kappa shape index (κ3) is 3.19. The van der Waals surface area contributed by atoms with Gasteiger partial charge in [-0.25, -0.2) is 0 Å². The molecule has 16 heavy (non-hydrogen) atoms. The zero-order valence-corrected chi connectivity index (χ0v) is 10.5. The minimum atomic E-state index is -0.433. The van der Waals surface area contributed by atoms with E-state index in [1.807, 2.05) is 0 Å². The lowest BCUT2D eigenvalue weighted by Crippen LogP contribution is -2.51. The van der Waals surface area contributed by atoms with Gasteiger partial charge in [-0.2, -0.15) is 0 Å². The smallest absolute Gasteiger partial charge is 0.0798 e. The van der Waals surface area contributed by atoms with E-state index in [-0.39, 0.29) is 0 Å². The molecular formula is C13H26N2O. The predicted molar refractivity (Wildman–Crippen MR) is 66.6 cm³/mol. The molecule has 1 heterocycles. The summed E-state index contributed by atoms with van der Waals surface area (Å²) in [6, 6.07) is 0.715. The first-order valence-electron chi connectivity index (χ1n) is 6.83. The molecule has 2 aliphatic rings. The van der Waals surface area contributed by atoms with Crippen molar-refractivity contribution in [1.82, 2.24) is 10.2 Å². The van der Waals surface area contributed by atoms with Gasteiger partial charge in [-0.15, -0.1) is 0 Å². The number of nitrogens with one attached hydrogen (secondary N) is 1. The Morgan fingerprint density at radius 1 is 1.19 bits per heavy atom. The average Bonchev–Trinajstić information content (AvgIpc) is 2.30. The molecule has 0 aromatic rings. The van der Waals surface area contributed by atoms with Crippen LogP contribution in [0, 0.1) is 0 Å². The molecule has 0 spiro atoms. The van der Waals surface area contributed by atoms with Gasteiger partial charge in [0.1, 0.15) is 0 Å². The van der Waals surface area contributed by atoms with Gasteiger partial charge in [0.15, 0.2) is 0 Å². The number of hydrogen-bond acceptors (Lipinski definition) is 3. The third-order valence-electron chi connectivity index (χ3n) is 4.28. The Kier molecular flexibility index (Phi) is 4.22. The fourth-order valence-corrected chi connectivity index (χ4v) is 3.17. The summed E-state index contributed by atoms with van der Waals surface area (Å²) in [6.45, 7) is 2.80. The summed E-state index contributed by atoms with van der Waals surface area (Å²) in [7, 11) is 2.19. The van der Waals surface area contributed by atoms with Crippen molar-refractivity contribution >= 4 is 0 Å². The number of nitrogens with zero attached hydrogens (tertiary/aromatic N) is 1. The molecule has 0 bridgehead atoms. The molecule has 0 aromatic heterocycles. The van der Waals surface area contributed by atoms with E-state index < -0.39 is 5.60 Å². The highest BCUT2D eigenvalue weighted by molar-refractivity contribution is 4.88. The van der Waals surface area contributed by atoms with Crippen LogP contribution in [0.1, 0.15) is 44.9 Å². The molecule has 0 amide bonds. The van der Waals surface area contributed by atoms with Crippen LogP contribution in [-0.4, -0.2) is 48.3 Å². The van der Waals surface area contributed by atoms with Crippen molar-refractivity contribution in [3.8, 4) is 0 Å². The Hall–Kier alpha value is -0.120. The Balaban J connectivity index is 1.82. The Labute approximate surface area is 99.2 Å². The summed E-state index contributed by atoms with van der Waals surface area (Å²) in [5, 5.41) is 13.8. The van der Waals surface area contributed by atoms with Gasteiger partial charge in [-0.1, -0.05) is 19.3 Å². The van der Waals surface area contributed by atoms with Gasteiger partial charge in [-0.3, -0.25) is 0 Å². The van der Waals surface area contributed by atoms with Gasteiger partial charge in [0.05, 0.1) is 5.60 Å². The van der Waals surface area contributed by atoms with E-state index in [4.69, 9.17) is 0 Å². The second kappa shape index (κ2) is 5.48. The molecule has 0 radical (unpaired) electrons. The van der Waals surface area contributed by atoms with Gasteiger partial charge in [-0.05, 0) is 45.8 Å². The minimum absolute atomic E-state index is 0.433. The zero-order chi connectivity index (χ0) is 11.4. The molecule has 3 nitrogen and oxygen atoms in total. The number of hydrogen-bond donors (Lipinski definition) is 2. The van der Waals surface area contributed by atoms with E-state index in [1.165, 1.54) is 32.1 Å². The van der Waals surface area contributed by atoms with Crippen LogP contribution in [-0.2, 0) is 0 Å². The lowest BCUT2D eigenvalue weighted by Gasteiger charge is -2.40. The molecule has 3 heteroatoms. The van der Waals surface area contributed by atoms with Crippen LogP contribution >= 0.6 is 0 Å². The van der Waals surface area contributed by atoms with E-state index in [1.54, 1.807) is 0 Å². The number of piperidine rings is 1. The average molecular weight is 226 g/mol. The van der Waals surface area contributed by atoms with E-state index >= 15 is 0 Å². The highest BCUT2D eigenvalue weighted by atomic mass is 16.3. The molecule has 2 rings (SSSR count). The second-order valence-corrected chi connectivity index (χ2v) is 5.68. The van der Waals surface area contributed by atoms with Crippen molar-refractivity contribution in [2.75, 3.05) is 26.7 Å². The molecule has 1 saturated heterocycles. The summed E-state index contributed by atoms with van der Waals surface area (Å²) in [5.41, 5.74) is -0.433. The topological polar surface area (TPSA) is 35.5 Å². The van der Waals surface area contributed by atoms with Gasteiger partial charge in [0.25, 0.3) is 0 Å². The summed E-state index contributed by atoms with van der Waals surface area (Å²) < 4.78 is 0. The van der Waals surface area contributed by atoms with Gasteiger partial charge >= 0.3 is 0 Å². The van der Waals surface area contributed by atoms with Crippen LogP contribution in [0.25, 0.3) is 0 Å². The summed E-state index contributed by atoms with van der Waals surface area (Å²) in [6.07, 6.45) is 8.60. The number of aliphatic hydroxyl groups is 1. The minimum Gasteiger partial charge on any atom is -0.388 e. The molecule has 0 unspecified atom stereocenters. The first-order chi connectivity index (χ1) is 7.70. The lowest BCUT2D eigenvalue weighted by molar-refractivity contribution is -0.0272. The van der Waals surface area contributed by atoms with Crippen molar-refractivity contribution in [3.63, 3.8) is 0 Å². The summed E-state index contributed by atoms with van der Waals surface area (Å²) in [4.78, 5) is 2.41. The van der Waals surface area contributed by atoms with Crippen LogP contribution in [0.3, 0.4) is 0 Å². The maximum absolute atomic E-state index is 10.5. The highest BCUT2D eigenvalue weighted by Gasteiger charge is 2.32. The van der Waals surface area contributed by atoms with E-state index in [2.05, 4.69) is 17.3 Å². The number of rotatable bonds is 3. The SMILES string of the molecule is CN(CC1(O)CCNCC1)C1CCCCC1. The Morgan fingerprint density at radius 3 is 2.44 bits per heavy atom. The van der Waals surface area contributed by atoms with Crippen molar-refractivity contribution in [1.29, 1.82) is 0 Å². The van der Waals surface area contributed by atoms with Crippen molar-refractivity contribution in [3.05, 3.63) is 0 Å². The monoisotopic (exact) mass is 226 g/mol. The van der Waals surface area contributed by atoms with Crippen LogP contribution in [0.5, 0.6) is 0 Å². The first kappa shape index (κ1) is 12.3. The van der Waals surface area contributed by atoms with Crippen LogP contribution in [0.15, 0.2) is 0 Å². The van der Waals surface area contributed by atoms with Crippen molar-refractivity contribution in [2.24, 2.45) is 0 Å². The zero-order valence-electron chi connectivity index (χ0n) is 10.5. The Morgan fingerprint density at radius 2 is 1.81 bits per heavy atom.